The fourth-order valence-corrected chi connectivity index (χ4v) is 8.59. The number of hydrogen-bond donors (Lipinski definition) is 1. The van der Waals surface area contributed by atoms with Gasteiger partial charge in [0.2, 0.25) is 0 Å². The fourth-order valence-electron chi connectivity index (χ4n) is 6.18. The van der Waals surface area contributed by atoms with Crippen molar-refractivity contribution in [3.63, 3.8) is 0 Å². The second-order valence-corrected chi connectivity index (χ2v) is 25.3. The number of hydrogen-bond acceptors (Lipinski definition) is 4. The minimum Gasteiger partial charge on any atom is -0.512 e. The Hall–Kier alpha value is -2.47. The van der Waals surface area contributed by atoms with E-state index >= 15 is 0 Å². The number of rotatable bonds is 9. The van der Waals surface area contributed by atoms with Gasteiger partial charge in [-0.1, -0.05) is 27.7 Å². The molecule has 1 N–H and O–H groups in total. The monoisotopic (exact) mass is 861 g/mol. The average molecular weight is 860 g/mol. The molecule has 1 aromatic heterocycles. The van der Waals surface area contributed by atoms with Crippen LogP contribution in [-0.2, 0) is 31.3 Å². The van der Waals surface area contributed by atoms with Crippen LogP contribution in [0.3, 0.4) is 0 Å². The van der Waals surface area contributed by atoms with E-state index in [0.29, 0.717) is 0 Å². The van der Waals surface area contributed by atoms with Gasteiger partial charge in [-0.05, 0) is 25.7 Å². The van der Waals surface area contributed by atoms with Gasteiger partial charge in [0.25, 0.3) is 0 Å². The summed E-state index contributed by atoms with van der Waals surface area (Å²) >= 11 is -2.02. The SMILES string of the molecule is CC(C)(C)Cc1c2c([c-]c3ccccc13)-c1nccc3c[c]([Ge]([CH3])([CH3])[CH3])cc(c13)O2.CCC(CC)C(=O)/C=C(\O)C(CC)CC.[Ir]. The van der Waals surface area contributed by atoms with Crippen molar-refractivity contribution in [2.75, 3.05) is 0 Å². The molecule has 1 radical (unpaired) electrons. The number of carbonyl (C=O) groups is 1. The summed E-state index contributed by atoms with van der Waals surface area (Å²) < 4.78 is 8.19. The minimum atomic E-state index is -2.02. The number of benzene rings is 3. The summed E-state index contributed by atoms with van der Waals surface area (Å²) in [5.74, 6) is 9.73. The Morgan fingerprint density at radius 3 is 2.20 bits per heavy atom. The number of aliphatic hydroxyl groups is 1. The van der Waals surface area contributed by atoms with Crippen molar-refractivity contribution in [3.8, 4) is 22.8 Å². The number of allylic oxidation sites excluding steroid dienone is 2. The van der Waals surface area contributed by atoms with Gasteiger partial charge in [0.1, 0.15) is 0 Å². The van der Waals surface area contributed by atoms with Crippen LogP contribution in [0.4, 0.5) is 0 Å². The van der Waals surface area contributed by atoms with Crippen molar-refractivity contribution in [2.45, 2.75) is 97.8 Å². The Morgan fingerprint density at radius 2 is 1.61 bits per heavy atom. The molecule has 249 valence electrons. The van der Waals surface area contributed by atoms with Gasteiger partial charge < -0.3 is 5.11 Å². The van der Waals surface area contributed by atoms with E-state index in [2.05, 4.69) is 86.6 Å². The molecular weight excluding hydrogens is 807 g/mol. The average Bonchev–Trinajstić information content (AvgIpc) is 2.98. The van der Waals surface area contributed by atoms with Crippen LogP contribution >= 0.6 is 0 Å². The first-order valence-electron chi connectivity index (χ1n) is 16.7. The Morgan fingerprint density at radius 1 is 0.978 bits per heavy atom. The maximum absolute atomic E-state index is 11.7. The van der Waals surface area contributed by atoms with E-state index in [4.69, 9.17) is 9.72 Å². The van der Waals surface area contributed by atoms with Crippen LogP contribution in [0, 0.1) is 23.3 Å². The van der Waals surface area contributed by atoms with Crippen LogP contribution in [-0.4, -0.2) is 29.1 Å². The normalized spacial score (nSPS) is 12.8. The smallest absolute Gasteiger partial charge is 0.162 e. The number of aliphatic hydroxyl groups excluding tert-OH is 1. The van der Waals surface area contributed by atoms with Crippen LogP contribution in [0.25, 0.3) is 32.8 Å². The quantitative estimate of drug-likeness (QED) is 0.0694. The topological polar surface area (TPSA) is 59.4 Å². The number of aromatic nitrogens is 1. The number of ketones is 1. The van der Waals surface area contributed by atoms with E-state index in [1.165, 1.54) is 26.8 Å². The summed E-state index contributed by atoms with van der Waals surface area (Å²) in [5.41, 5.74) is 3.40. The van der Waals surface area contributed by atoms with Crippen LogP contribution < -0.4 is 9.13 Å². The van der Waals surface area contributed by atoms with E-state index in [1.807, 2.05) is 33.9 Å². The summed E-state index contributed by atoms with van der Waals surface area (Å²) in [6.45, 7) is 14.9. The number of pyridine rings is 1. The van der Waals surface area contributed by atoms with Gasteiger partial charge in [0.15, 0.2) is 5.78 Å². The predicted molar refractivity (Wildman–Crippen MR) is 194 cm³/mol. The predicted octanol–water partition coefficient (Wildman–Crippen LogP) is 11.0. The van der Waals surface area contributed by atoms with Crippen molar-refractivity contribution < 1.29 is 34.7 Å². The van der Waals surface area contributed by atoms with E-state index < -0.39 is 13.3 Å². The molecule has 0 saturated heterocycles. The molecule has 0 unspecified atom stereocenters. The summed E-state index contributed by atoms with van der Waals surface area (Å²) in [6, 6.07) is 18.9. The number of nitrogens with zero attached hydrogens (tertiary/aromatic N) is 1. The molecule has 46 heavy (non-hydrogen) atoms. The molecule has 0 fully saturated rings. The Bertz CT molecular complexity index is 1710. The van der Waals surface area contributed by atoms with E-state index in [-0.39, 0.29) is 48.9 Å². The zero-order valence-electron chi connectivity index (χ0n) is 29.4. The van der Waals surface area contributed by atoms with Crippen molar-refractivity contribution in [2.24, 2.45) is 17.3 Å². The molecule has 2 heterocycles. The molecule has 4 nitrogen and oxygen atoms in total. The fraction of sp³-hybridized carbons (Fsp3) is 0.450. The molecule has 4 aromatic rings. The van der Waals surface area contributed by atoms with Crippen LogP contribution in [0.5, 0.6) is 11.5 Å². The van der Waals surface area contributed by atoms with Gasteiger partial charge in [-0.3, -0.25) is 4.79 Å². The summed E-state index contributed by atoms with van der Waals surface area (Å²) in [5, 5.41) is 14.5. The van der Waals surface area contributed by atoms with E-state index in [1.54, 1.807) is 0 Å². The van der Waals surface area contributed by atoms with Crippen molar-refractivity contribution >= 4 is 45.0 Å². The standard InChI is InChI=1S/C27H28GeNO.C13H24O2.Ir/c1-27(2,3)16-22-20-10-8-7-9-17(20)14-21-25-24-18(11-12-29-25)13-19(28(4,5)6)15-23(24)30-26(21)22;1-5-10(6-2)12(14)9-13(15)11(7-3)8-4;/h7-13,15H,16H2,1-6H3;9-11,14H,5-8H2,1-4H3;/q-1;;/b;12-9-;. The molecule has 1 aliphatic heterocycles. The van der Waals surface area contributed by atoms with Gasteiger partial charge in [-0.2, -0.15) is 0 Å². The third kappa shape index (κ3) is 8.51. The molecule has 0 aliphatic carbocycles. The largest absolute Gasteiger partial charge is 0.512 e. The first-order valence-corrected chi connectivity index (χ1v) is 24.1. The molecular formula is C40H52GeIrNO3-. The zero-order chi connectivity index (χ0) is 33.1. The first-order chi connectivity index (χ1) is 21.2. The third-order valence-electron chi connectivity index (χ3n) is 8.94. The van der Waals surface area contributed by atoms with Gasteiger partial charge in [0.05, 0.1) is 5.76 Å². The van der Waals surface area contributed by atoms with E-state index in [9.17, 15) is 9.90 Å². The van der Waals surface area contributed by atoms with Crippen molar-refractivity contribution in [1.29, 1.82) is 0 Å². The summed E-state index contributed by atoms with van der Waals surface area (Å²) in [6.07, 6.45) is 7.78. The van der Waals surface area contributed by atoms with E-state index in [0.717, 1.165) is 65.6 Å². The maximum atomic E-state index is 11.7. The minimum absolute atomic E-state index is 0. The summed E-state index contributed by atoms with van der Waals surface area (Å²) in [4.78, 5) is 16.5. The van der Waals surface area contributed by atoms with Crippen molar-refractivity contribution in [1.82, 2.24) is 4.98 Å². The number of fused-ring (bicyclic) bond motifs is 3. The maximum Gasteiger partial charge on any atom is 0.162 e. The second kappa shape index (κ2) is 15.6. The van der Waals surface area contributed by atoms with Gasteiger partial charge >= 0.3 is 182 Å². The Labute approximate surface area is 293 Å². The first kappa shape index (κ1) is 38.0. The Balaban J connectivity index is 0.000000309. The van der Waals surface area contributed by atoms with Crippen LogP contribution in [0.15, 0.2) is 60.5 Å². The second-order valence-electron chi connectivity index (χ2n) is 14.7. The number of ether oxygens (including phenoxy) is 1. The molecule has 0 spiro atoms. The zero-order valence-corrected chi connectivity index (χ0v) is 33.9. The molecule has 0 atom stereocenters. The van der Waals surface area contributed by atoms with Gasteiger partial charge in [-0.25, -0.2) is 0 Å². The molecule has 6 heteroatoms. The Kier molecular flexibility index (Phi) is 12.9. The molecule has 0 amide bonds. The molecule has 0 saturated carbocycles. The summed E-state index contributed by atoms with van der Waals surface area (Å²) in [7, 11) is 0. The molecule has 5 rings (SSSR count). The van der Waals surface area contributed by atoms with Crippen molar-refractivity contribution in [3.05, 3.63) is 72.1 Å². The van der Waals surface area contributed by atoms with Gasteiger partial charge in [-0.15, -0.1) is 0 Å². The molecule has 0 bridgehead atoms. The van der Waals surface area contributed by atoms with Crippen LogP contribution in [0.2, 0.25) is 17.3 Å². The molecule has 1 aliphatic rings. The van der Waals surface area contributed by atoms with Gasteiger partial charge in [0, 0.05) is 38.0 Å². The van der Waals surface area contributed by atoms with Crippen LogP contribution in [0.1, 0.15) is 79.7 Å². The molecule has 3 aromatic carbocycles. The third-order valence-corrected chi connectivity index (χ3v) is 13.2. The number of carbonyl (C=O) groups excluding carboxylic acids is 1.